The number of benzene rings is 1. The summed E-state index contributed by atoms with van der Waals surface area (Å²) in [6.07, 6.45) is 1.76. The van der Waals surface area contributed by atoms with Gasteiger partial charge in [-0.3, -0.25) is 4.79 Å². The summed E-state index contributed by atoms with van der Waals surface area (Å²) in [5, 5.41) is 8.08. The number of para-hydroxylation sites is 2. The zero-order valence-electron chi connectivity index (χ0n) is 13.6. The molecule has 5 nitrogen and oxygen atoms in total. The van der Waals surface area contributed by atoms with Crippen LogP contribution in [0.25, 0.3) is 0 Å². The van der Waals surface area contributed by atoms with Gasteiger partial charge >= 0.3 is 0 Å². The highest BCUT2D eigenvalue weighted by Gasteiger charge is 2.11. The zero-order valence-corrected chi connectivity index (χ0v) is 14.4. The van der Waals surface area contributed by atoms with Crippen LogP contribution in [0.3, 0.4) is 0 Å². The van der Waals surface area contributed by atoms with E-state index in [1.165, 1.54) is 11.3 Å². The number of hydrogen-bond donors (Lipinski definition) is 2. The molecule has 2 N–H and O–H groups in total. The average Bonchev–Trinajstić information content (AvgIpc) is 3.26. The molecule has 3 aromatic rings. The van der Waals surface area contributed by atoms with Crippen LogP contribution in [-0.4, -0.2) is 10.9 Å². The van der Waals surface area contributed by atoms with Gasteiger partial charge in [-0.25, -0.2) is 4.98 Å². The van der Waals surface area contributed by atoms with Crippen LogP contribution in [0.5, 0.6) is 0 Å². The van der Waals surface area contributed by atoms with Crippen molar-refractivity contribution in [1.29, 1.82) is 0 Å². The molecule has 2 heterocycles. The first-order valence-corrected chi connectivity index (χ1v) is 8.64. The summed E-state index contributed by atoms with van der Waals surface area (Å²) < 4.78 is 5.69. The maximum absolute atomic E-state index is 12.2. The molecule has 24 heavy (non-hydrogen) atoms. The van der Waals surface area contributed by atoms with E-state index in [1.54, 1.807) is 12.3 Å². The third-order valence-electron chi connectivity index (χ3n) is 3.49. The SMILES string of the molecule is CC(C)c1cnc(CNc2ccccc2NC(=O)c2cccs2)o1. The lowest BCUT2D eigenvalue weighted by Gasteiger charge is -2.11. The van der Waals surface area contributed by atoms with Gasteiger partial charge in [-0.05, 0) is 23.6 Å². The van der Waals surface area contributed by atoms with Gasteiger partial charge in [0.2, 0.25) is 5.89 Å². The Morgan fingerprint density at radius 2 is 2.00 bits per heavy atom. The molecule has 0 aliphatic rings. The first-order valence-electron chi connectivity index (χ1n) is 7.76. The summed E-state index contributed by atoms with van der Waals surface area (Å²) in [6, 6.07) is 11.2. The maximum Gasteiger partial charge on any atom is 0.265 e. The van der Waals surface area contributed by atoms with E-state index in [0.29, 0.717) is 23.2 Å². The number of carbonyl (C=O) groups is 1. The fraction of sp³-hybridized carbons (Fsp3) is 0.222. The second kappa shape index (κ2) is 7.31. The Balaban J connectivity index is 1.68. The van der Waals surface area contributed by atoms with Crippen LogP contribution in [0.1, 0.15) is 41.1 Å². The van der Waals surface area contributed by atoms with Gasteiger partial charge in [0.15, 0.2) is 0 Å². The van der Waals surface area contributed by atoms with Crippen LogP contribution in [0.2, 0.25) is 0 Å². The third-order valence-corrected chi connectivity index (χ3v) is 4.36. The summed E-state index contributed by atoms with van der Waals surface area (Å²) in [4.78, 5) is 17.2. The van der Waals surface area contributed by atoms with Crippen molar-refractivity contribution in [2.45, 2.75) is 26.3 Å². The fourth-order valence-electron chi connectivity index (χ4n) is 2.18. The summed E-state index contributed by atoms with van der Waals surface area (Å²) >= 11 is 1.41. The first kappa shape index (κ1) is 16.3. The standard InChI is InChI=1S/C18H19N3O2S/c1-12(2)15-10-20-17(23-15)11-19-13-6-3-4-7-14(13)21-18(22)16-8-5-9-24-16/h3-10,12,19H,11H2,1-2H3,(H,21,22). The number of anilines is 2. The van der Waals surface area contributed by atoms with E-state index in [9.17, 15) is 4.79 Å². The highest BCUT2D eigenvalue weighted by Crippen LogP contribution is 2.23. The van der Waals surface area contributed by atoms with Crippen molar-refractivity contribution < 1.29 is 9.21 Å². The van der Waals surface area contributed by atoms with Crippen LogP contribution < -0.4 is 10.6 Å². The van der Waals surface area contributed by atoms with E-state index in [-0.39, 0.29) is 5.91 Å². The molecule has 0 saturated heterocycles. The molecule has 0 saturated carbocycles. The molecule has 1 aromatic carbocycles. The van der Waals surface area contributed by atoms with Crippen molar-refractivity contribution >= 4 is 28.6 Å². The number of amides is 1. The molecule has 0 aliphatic carbocycles. The van der Waals surface area contributed by atoms with Crippen LogP contribution in [0.4, 0.5) is 11.4 Å². The summed E-state index contributed by atoms with van der Waals surface area (Å²) in [5.74, 6) is 1.69. The number of oxazole rings is 1. The van der Waals surface area contributed by atoms with Crippen molar-refractivity contribution in [3.8, 4) is 0 Å². The molecule has 0 unspecified atom stereocenters. The topological polar surface area (TPSA) is 67.2 Å². The number of rotatable bonds is 6. The van der Waals surface area contributed by atoms with Gasteiger partial charge in [-0.15, -0.1) is 11.3 Å². The minimum absolute atomic E-state index is 0.113. The van der Waals surface area contributed by atoms with Crippen LogP contribution in [-0.2, 0) is 6.54 Å². The molecule has 0 spiro atoms. The Morgan fingerprint density at radius 1 is 1.21 bits per heavy atom. The molecular formula is C18H19N3O2S. The summed E-state index contributed by atoms with van der Waals surface area (Å²) in [5.41, 5.74) is 1.55. The second-order valence-electron chi connectivity index (χ2n) is 5.64. The molecule has 3 rings (SSSR count). The van der Waals surface area contributed by atoms with Crippen molar-refractivity contribution in [3.63, 3.8) is 0 Å². The van der Waals surface area contributed by atoms with Crippen molar-refractivity contribution in [2.24, 2.45) is 0 Å². The van der Waals surface area contributed by atoms with Gasteiger partial charge < -0.3 is 15.1 Å². The number of carbonyl (C=O) groups excluding carboxylic acids is 1. The fourth-order valence-corrected chi connectivity index (χ4v) is 2.80. The van der Waals surface area contributed by atoms with E-state index >= 15 is 0 Å². The molecule has 0 aliphatic heterocycles. The van der Waals surface area contributed by atoms with Crippen molar-refractivity contribution in [2.75, 3.05) is 10.6 Å². The van der Waals surface area contributed by atoms with Crippen molar-refractivity contribution in [1.82, 2.24) is 4.98 Å². The lowest BCUT2D eigenvalue weighted by atomic mass is 10.2. The second-order valence-corrected chi connectivity index (χ2v) is 6.59. The Bertz CT molecular complexity index is 809. The molecule has 0 atom stereocenters. The number of nitrogens with one attached hydrogen (secondary N) is 2. The normalized spacial score (nSPS) is 10.8. The minimum atomic E-state index is -0.113. The lowest BCUT2D eigenvalue weighted by molar-refractivity contribution is 0.103. The van der Waals surface area contributed by atoms with Gasteiger partial charge in [0, 0.05) is 5.92 Å². The molecule has 0 radical (unpaired) electrons. The van der Waals surface area contributed by atoms with Crippen LogP contribution in [0.15, 0.2) is 52.4 Å². The number of hydrogen-bond acceptors (Lipinski definition) is 5. The number of nitrogens with zero attached hydrogens (tertiary/aromatic N) is 1. The van der Waals surface area contributed by atoms with E-state index < -0.39 is 0 Å². The monoisotopic (exact) mass is 341 g/mol. The Morgan fingerprint density at radius 3 is 2.67 bits per heavy atom. The van der Waals surface area contributed by atoms with E-state index in [4.69, 9.17) is 4.42 Å². The smallest absolute Gasteiger partial charge is 0.265 e. The molecule has 124 valence electrons. The van der Waals surface area contributed by atoms with E-state index in [1.807, 2.05) is 35.7 Å². The molecule has 0 fully saturated rings. The third kappa shape index (κ3) is 3.83. The predicted molar refractivity (Wildman–Crippen MR) is 96.6 cm³/mol. The molecule has 0 bridgehead atoms. The molecule has 1 amide bonds. The summed E-state index contributed by atoms with van der Waals surface area (Å²) in [7, 11) is 0. The highest BCUT2D eigenvalue weighted by atomic mass is 32.1. The molecule has 2 aromatic heterocycles. The van der Waals surface area contributed by atoms with Crippen molar-refractivity contribution in [3.05, 3.63) is 64.5 Å². The first-order chi connectivity index (χ1) is 11.6. The van der Waals surface area contributed by atoms with Gasteiger partial charge in [0.05, 0.1) is 29.0 Å². The van der Waals surface area contributed by atoms with Crippen LogP contribution in [0, 0.1) is 0 Å². The lowest BCUT2D eigenvalue weighted by Crippen LogP contribution is -2.12. The highest BCUT2D eigenvalue weighted by molar-refractivity contribution is 7.12. The van der Waals surface area contributed by atoms with E-state index in [0.717, 1.165) is 17.1 Å². The largest absolute Gasteiger partial charge is 0.444 e. The van der Waals surface area contributed by atoms with Gasteiger partial charge in [0.25, 0.3) is 5.91 Å². The minimum Gasteiger partial charge on any atom is -0.444 e. The van der Waals surface area contributed by atoms with E-state index in [2.05, 4.69) is 29.5 Å². The maximum atomic E-state index is 12.2. The molecular weight excluding hydrogens is 322 g/mol. The zero-order chi connectivity index (χ0) is 16.9. The van der Waals surface area contributed by atoms with Crippen LogP contribution >= 0.6 is 11.3 Å². The van der Waals surface area contributed by atoms with Gasteiger partial charge in [-0.2, -0.15) is 0 Å². The Kier molecular flexibility index (Phi) is 4.96. The molecule has 6 heteroatoms. The predicted octanol–water partition coefficient (Wildman–Crippen LogP) is 4.72. The average molecular weight is 341 g/mol. The quantitative estimate of drug-likeness (QED) is 0.680. The Hall–Kier alpha value is -2.60. The number of aromatic nitrogens is 1. The summed E-state index contributed by atoms with van der Waals surface area (Å²) in [6.45, 7) is 4.58. The van der Waals surface area contributed by atoms with Gasteiger partial charge in [0.1, 0.15) is 5.76 Å². The van der Waals surface area contributed by atoms with Gasteiger partial charge in [-0.1, -0.05) is 32.0 Å². The Labute approximate surface area is 144 Å². The number of thiophene rings is 1.